The molecule has 1 heterocycles. The molecule has 0 aliphatic rings. The number of amides is 1. The smallest absolute Gasteiger partial charge is 0.274 e. The molecule has 0 fully saturated rings. The summed E-state index contributed by atoms with van der Waals surface area (Å²) < 4.78 is 5.33. The zero-order valence-corrected chi connectivity index (χ0v) is 15.7. The van der Waals surface area contributed by atoms with Crippen LogP contribution in [-0.2, 0) is 0 Å². The van der Waals surface area contributed by atoms with Gasteiger partial charge in [0.25, 0.3) is 11.6 Å². The second-order valence-corrected chi connectivity index (χ2v) is 5.98. The molecule has 0 saturated carbocycles. The average Bonchev–Trinajstić information content (AvgIpc) is 2.73. The van der Waals surface area contributed by atoms with Crippen LogP contribution in [0.25, 0.3) is 0 Å². The van der Waals surface area contributed by atoms with Gasteiger partial charge in [0.2, 0.25) is 0 Å². The maximum atomic E-state index is 12.2. The molecule has 0 radical (unpaired) electrons. The lowest BCUT2D eigenvalue weighted by Gasteiger charge is -2.08. The first-order chi connectivity index (χ1) is 14.0. The van der Waals surface area contributed by atoms with Gasteiger partial charge in [-0.05, 0) is 43.3 Å². The topological polar surface area (TPSA) is 119 Å². The van der Waals surface area contributed by atoms with Crippen molar-refractivity contribution in [1.29, 1.82) is 0 Å². The van der Waals surface area contributed by atoms with Crippen molar-refractivity contribution in [2.75, 3.05) is 12.4 Å². The number of rotatable bonds is 6. The monoisotopic (exact) mass is 391 g/mol. The number of pyridine rings is 1. The Hall–Kier alpha value is -4.14. The predicted molar refractivity (Wildman–Crippen MR) is 107 cm³/mol. The predicted octanol–water partition coefficient (Wildman–Crippen LogP) is 4.97. The third-order valence-electron chi connectivity index (χ3n) is 3.99. The summed E-state index contributed by atoms with van der Waals surface area (Å²) in [6, 6.07) is 14.5. The Labute approximate surface area is 166 Å². The van der Waals surface area contributed by atoms with Crippen LogP contribution in [0.2, 0.25) is 0 Å². The lowest BCUT2D eigenvalue weighted by Crippen LogP contribution is -2.13. The zero-order valence-electron chi connectivity index (χ0n) is 15.7. The summed E-state index contributed by atoms with van der Waals surface area (Å²) in [7, 11) is 1.48. The van der Waals surface area contributed by atoms with Crippen LogP contribution in [0.3, 0.4) is 0 Å². The van der Waals surface area contributed by atoms with E-state index >= 15 is 0 Å². The molecule has 1 N–H and O–H groups in total. The van der Waals surface area contributed by atoms with Crippen LogP contribution in [0.1, 0.15) is 16.1 Å². The van der Waals surface area contributed by atoms with E-state index in [2.05, 4.69) is 20.5 Å². The van der Waals surface area contributed by atoms with Gasteiger partial charge in [-0.2, -0.15) is 5.11 Å². The fraction of sp³-hybridized carbons (Fsp3) is 0.100. The van der Waals surface area contributed by atoms with Crippen molar-refractivity contribution >= 4 is 28.7 Å². The molecule has 0 aliphatic heterocycles. The van der Waals surface area contributed by atoms with E-state index in [1.54, 1.807) is 55.6 Å². The van der Waals surface area contributed by atoms with Crippen LogP contribution >= 0.6 is 0 Å². The Morgan fingerprint density at radius 3 is 2.62 bits per heavy atom. The fourth-order valence-corrected chi connectivity index (χ4v) is 2.55. The molecule has 0 unspecified atom stereocenters. The zero-order chi connectivity index (χ0) is 20.8. The number of hydrogen-bond acceptors (Lipinski definition) is 7. The van der Waals surface area contributed by atoms with Gasteiger partial charge in [-0.1, -0.05) is 6.07 Å². The van der Waals surface area contributed by atoms with Gasteiger partial charge in [0.05, 0.1) is 17.7 Å². The van der Waals surface area contributed by atoms with Crippen LogP contribution in [0, 0.1) is 17.0 Å². The number of methoxy groups -OCH3 is 1. The first kappa shape index (κ1) is 19.6. The van der Waals surface area contributed by atoms with Gasteiger partial charge in [0.1, 0.15) is 17.1 Å². The third-order valence-corrected chi connectivity index (χ3v) is 3.99. The quantitative estimate of drug-likeness (QED) is 0.361. The summed E-state index contributed by atoms with van der Waals surface area (Å²) >= 11 is 0. The molecule has 9 heteroatoms. The minimum atomic E-state index is -0.447. The summed E-state index contributed by atoms with van der Waals surface area (Å²) in [5.74, 6) is 0.0644. The lowest BCUT2D eigenvalue weighted by atomic mass is 10.2. The number of anilines is 1. The Bertz CT molecular complexity index is 1080. The number of nitrogens with one attached hydrogen (secondary N) is 1. The molecule has 1 aromatic heterocycles. The van der Waals surface area contributed by atoms with E-state index in [0.29, 0.717) is 34.1 Å². The second-order valence-electron chi connectivity index (χ2n) is 5.98. The minimum Gasteiger partial charge on any atom is -0.494 e. The van der Waals surface area contributed by atoms with Crippen molar-refractivity contribution in [2.24, 2.45) is 10.2 Å². The number of hydrogen-bond donors (Lipinski definition) is 1. The van der Waals surface area contributed by atoms with Crippen molar-refractivity contribution in [1.82, 2.24) is 4.98 Å². The van der Waals surface area contributed by atoms with Crippen molar-refractivity contribution in [3.8, 4) is 5.75 Å². The van der Waals surface area contributed by atoms with Gasteiger partial charge in [-0.15, -0.1) is 5.11 Å². The highest BCUT2D eigenvalue weighted by molar-refractivity contribution is 6.03. The summed E-state index contributed by atoms with van der Waals surface area (Å²) in [6.45, 7) is 1.64. The van der Waals surface area contributed by atoms with Crippen molar-refractivity contribution in [2.45, 2.75) is 6.92 Å². The Kier molecular flexibility index (Phi) is 5.88. The summed E-state index contributed by atoms with van der Waals surface area (Å²) in [5.41, 5.74) is 2.24. The number of azo groups is 1. The van der Waals surface area contributed by atoms with E-state index in [9.17, 15) is 14.9 Å². The molecule has 3 rings (SSSR count). The number of aromatic nitrogens is 1. The molecule has 0 saturated heterocycles. The largest absolute Gasteiger partial charge is 0.494 e. The van der Waals surface area contributed by atoms with Gasteiger partial charge in [0.15, 0.2) is 0 Å². The van der Waals surface area contributed by atoms with Crippen LogP contribution < -0.4 is 10.1 Å². The van der Waals surface area contributed by atoms with E-state index in [1.807, 2.05) is 0 Å². The van der Waals surface area contributed by atoms with Gasteiger partial charge in [-0.3, -0.25) is 19.9 Å². The lowest BCUT2D eigenvalue weighted by molar-refractivity contribution is -0.385. The van der Waals surface area contributed by atoms with Crippen LogP contribution in [0.15, 0.2) is 71.0 Å². The number of aryl methyl sites for hydroxylation is 1. The first-order valence-corrected chi connectivity index (χ1v) is 8.55. The van der Waals surface area contributed by atoms with Gasteiger partial charge in [0, 0.05) is 29.6 Å². The summed E-state index contributed by atoms with van der Waals surface area (Å²) in [4.78, 5) is 26.7. The SMILES string of the molecule is COc1cc(NC(=O)c2ccccn2)ccc1N=Nc1ccc([N+](=O)[O-])c(C)c1. The van der Waals surface area contributed by atoms with Gasteiger partial charge >= 0.3 is 0 Å². The van der Waals surface area contributed by atoms with Crippen LogP contribution in [0.4, 0.5) is 22.7 Å². The minimum absolute atomic E-state index is 0.0227. The molecule has 2 aromatic carbocycles. The van der Waals surface area contributed by atoms with Gasteiger partial charge < -0.3 is 10.1 Å². The molecule has 0 atom stereocenters. The highest BCUT2D eigenvalue weighted by atomic mass is 16.6. The summed E-state index contributed by atoms with van der Waals surface area (Å²) in [6.07, 6.45) is 1.54. The van der Waals surface area contributed by atoms with Crippen LogP contribution in [-0.4, -0.2) is 22.9 Å². The van der Waals surface area contributed by atoms with E-state index in [0.717, 1.165) is 0 Å². The standard InChI is InChI=1S/C20H17N5O4/c1-13-11-15(7-9-18(13)25(27)28)23-24-16-8-6-14(12-19(16)29-2)22-20(26)17-5-3-4-10-21-17/h3-12H,1-2H3,(H,22,26). The number of ether oxygens (including phenoxy) is 1. The van der Waals surface area contributed by atoms with Crippen molar-refractivity contribution in [3.63, 3.8) is 0 Å². The van der Waals surface area contributed by atoms with Gasteiger partial charge in [-0.25, -0.2) is 0 Å². The van der Waals surface area contributed by atoms with Crippen molar-refractivity contribution in [3.05, 3.63) is 82.2 Å². The van der Waals surface area contributed by atoms with Crippen LogP contribution in [0.5, 0.6) is 5.75 Å². The molecule has 0 bridgehead atoms. The number of carbonyl (C=O) groups excluding carboxylic acids is 1. The number of nitro groups is 1. The molecule has 0 aliphatic carbocycles. The van der Waals surface area contributed by atoms with E-state index in [4.69, 9.17) is 4.74 Å². The Morgan fingerprint density at radius 2 is 1.97 bits per heavy atom. The third kappa shape index (κ3) is 4.78. The highest BCUT2D eigenvalue weighted by Crippen LogP contribution is 2.32. The highest BCUT2D eigenvalue weighted by Gasteiger charge is 2.11. The molecule has 0 spiro atoms. The number of benzene rings is 2. The normalized spacial score (nSPS) is 10.7. The molecule has 1 amide bonds. The van der Waals surface area contributed by atoms with E-state index < -0.39 is 4.92 Å². The maximum absolute atomic E-state index is 12.2. The molecular formula is C20H17N5O4. The average molecular weight is 391 g/mol. The van der Waals surface area contributed by atoms with E-state index in [-0.39, 0.29) is 11.6 Å². The first-order valence-electron chi connectivity index (χ1n) is 8.55. The second kappa shape index (κ2) is 8.70. The van der Waals surface area contributed by atoms with Crippen molar-refractivity contribution < 1.29 is 14.5 Å². The summed E-state index contributed by atoms with van der Waals surface area (Å²) in [5, 5.41) is 21.9. The molecule has 146 valence electrons. The van der Waals surface area contributed by atoms with E-state index in [1.165, 1.54) is 19.2 Å². The molecule has 29 heavy (non-hydrogen) atoms. The Balaban J connectivity index is 1.78. The number of carbonyl (C=O) groups is 1. The fourth-order valence-electron chi connectivity index (χ4n) is 2.55. The number of nitro benzene ring substituents is 1. The number of nitrogens with zero attached hydrogens (tertiary/aromatic N) is 4. The molecule has 9 nitrogen and oxygen atoms in total. The molecule has 3 aromatic rings. The maximum Gasteiger partial charge on any atom is 0.274 e. The molecular weight excluding hydrogens is 374 g/mol. The Morgan fingerprint density at radius 1 is 1.14 bits per heavy atom.